The van der Waals surface area contributed by atoms with E-state index in [1.54, 1.807) is 31.4 Å². The summed E-state index contributed by atoms with van der Waals surface area (Å²) in [5.41, 5.74) is 2.84. The molecule has 0 bridgehead atoms. The third-order valence-corrected chi connectivity index (χ3v) is 5.20. The van der Waals surface area contributed by atoms with Crippen molar-refractivity contribution < 1.29 is 18.7 Å². The Balaban J connectivity index is 1.76. The summed E-state index contributed by atoms with van der Waals surface area (Å²) in [6.07, 6.45) is 0. The number of imide groups is 1. The van der Waals surface area contributed by atoms with Crippen LogP contribution in [0.3, 0.4) is 0 Å². The van der Waals surface area contributed by atoms with Crippen LogP contribution in [0.2, 0.25) is 0 Å². The van der Waals surface area contributed by atoms with Gasteiger partial charge in [-0.2, -0.15) is 0 Å². The van der Waals surface area contributed by atoms with Gasteiger partial charge < -0.3 is 15.0 Å². The largest absolute Gasteiger partial charge is 0.497 e. The molecule has 1 aliphatic rings. The maximum Gasteiger partial charge on any atom is 0.282 e. The van der Waals surface area contributed by atoms with Gasteiger partial charge in [0.05, 0.1) is 18.4 Å². The van der Waals surface area contributed by atoms with Gasteiger partial charge in [0.2, 0.25) is 0 Å². The quantitative estimate of drug-likeness (QED) is 0.590. The summed E-state index contributed by atoms with van der Waals surface area (Å²) in [4.78, 5) is 29.8. The van der Waals surface area contributed by atoms with Crippen LogP contribution in [-0.4, -0.2) is 33.0 Å². The highest BCUT2D eigenvalue weighted by atomic mass is 19.1. The van der Waals surface area contributed by atoms with Crippen molar-refractivity contribution in [3.63, 3.8) is 0 Å². The van der Waals surface area contributed by atoms with Crippen molar-refractivity contribution in [3.8, 4) is 5.75 Å². The summed E-state index contributed by atoms with van der Waals surface area (Å²) in [6, 6.07) is 19.6. The van der Waals surface area contributed by atoms with Crippen molar-refractivity contribution in [3.05, 3.63) is 89.9 Å². The van der Waals surface area contributed by atoms with Crippen molar-refractivity contribution in [2.24, 2.45) is 0 Å². The number of rotatable bonds is 6. The Kier molecular flexibility index (Phi) is 5.64. The second-order valence-corrected chi connectivity index (χ2v) is 7.47. The highest BCUT2D eigenvalue weighted by molar-refractivity contribution is 6.46. The standard InChI is InChI=1S/C25H22FN3O3/c1-28(2)19-10-8-18(9-11-19)27-23-22(16-4-6-17(26)7-5-16)24(30)29(25(23)31)20-12-14-21(32-3)15-13-20/h4-15,27H,1-3H3. The van der Waals surface area contributed by atoms with Crippen molar-refractivity contribution in [2.45, 2.75) is 0 Å². The molecule has 0 fully saturated rings. The van der Waals surface area contributed by atoms with E-state index < -0.39 is 17.6 Å². The average Bonchev–Trinajstić information content (AvgIpc) is 3.04. The summed E-state index contributed by atoms with van der Waals surface area (Å²) in [5, 5.41) is 3.10. The van der Waals surface area contributed by atoms with Gasteiger partial charge in [0.25, 0.3) is 11.8 Å². The Morgan fingerprint density at radius 3 is 2.03 bits per heavy atom. The molecule has 6 nitrogen and oxygen atoms in total. The summed E-state index contributed by atoms with van der Waals surface area (Å²) < 4.78 is 18.7. The van der Waals surface area contributed by atoms with Gasteiger partial charge in [-0.15, -0.1) is 0 Å². The number of hydrogen-bond donors (Lipinski definition) is 1. The Morgan fingerprint density at radius 2 is 1.47 bits per heavy atom. The molecule has 0 unspecified atom stereocenters. The van der Waals surface area contributed by atoms with Crippen LogP contribution in [0.5, 0.6) is 5.75 Å². The van der Waals surface area contributed by atoms with Crippen LogP contribution in [0.25, 0.3) is 5.57 Å². The summed E-state index contributed by atoms with van der Waals surface area (Å²) in [6.45, 7) is 0. The lowest BCUT2D eigenvalue weighted by Crippen LogP contribution is -2.32. The average molecular weight is 431 g/mol. The van der Waals surface area contributed by atoms with Crippen LogP contribution in [0, 0.1) is 5.82 Å². The molecular formula is C25H22FN3O3. The normalized spacial score (nSPS) is 13.6. The topological polar surface area (TPSA) is 61.9 Å². The minimum absolute atomic E-state index is 0.134. The van der Waals surface area contributed by atoms with Crippen molar-refractivity contribution in [1.29, 1.82) is 0 Å². The van der Waals surface area contributed by atoms with E-state index in [2.05, 4.69) is 5.32 Å². The minimum atomic E-state index is -0.490. The number of hydrogen-bond acceptors (Lipinski definition) is 5. The number of amides is 2. The third-order valence-electron chi connectivity index (χ3n) is 5.20. The molecule has 3 aromatic carbocycles. The van der Waals surface area contributed by atoms with Gasteiger partial charge in [0.15, 0.2) is 0 Å². The SMILES string of the molecule is COc1ccc(N2C(=O)C(Nc3ccc(N(C)C)cc3)=C(c3ccc(F)cc3)C2=O)cc1. The molecule has 0 aromatic heterocycles. The number of benzene rings is 3. The van der Waals surface area contributed by atoms with Crippen LogP contribution >= 0.6 is 0 Å². The molecule has 1 aliphatic heterocycles. The van der Waals surface area contributed by atoms with Gasteiger partial charge in [0, 0.05) is 25.5 Å². The molecule has 0 spiro atoms. The number of nitrogens with zero attached hydrogens (tertiary/aromatic N) is 2. The van der Waals surface area contributed by atoms with E-state index in [4.69, 9.17) is 4.74 Å². The Morgan fingerprint density at radius 1 is 0.844 bits per heavy atom. The molecule has 162 valence electrons. The molecule has 1 heterocycles. The molecule has 7 heteroatoms. The number of methoxy groups -OCH3 is 1. The van der Waals surface area contributed by atoms with Crippen molar-refractivity contribution >= 4 is 34.4 Å². The zero-order chi connectivity index (χ0) is 22.8. The van der Waals surface area contributed by atoms with E-state index in [0.29, 0.717) is 22.7 Å². The van der Waals surface area contributed by atoms with Crippen LogP contribution in [-0.2, 0) is 9.59 Å². The smallest absolute Gasteiger partial charge is 0.282 e. The second kappa shape index (κ2) is 8.55. The van der Waals surface area contributed by atoms with Gasteiger partial charge in [-0.05, 0) is 66.2 Å². The predicted octanol–water partition coefficient (Wildman–Crippen LogP) is 4.30. The van der Waals surface area contributed by atoms with Crippen molar-refractivity contribution in [1.82, 2.24) is 0 Å². The van der Waals surface area contributed by atoms with E-state index in [9.17, 15) is 14.0 Å². The Bertz CT molecular complexity index is 1180. The van der Waals surface area contributed by atoms with E-state index in [-0.39, 0.29) is 11.3 Å². The minimum Gasteiger partial charge on any atom is -0.497 e. The second-order valence-electron chi connectivity index (χ2n) is 7.47. The lowest BCUT2D eigenvalue weighted by molar-refractivity contribution is -0.120. The maximum atomic E-state index is 13.5. The molecule has 0 saturated heterocycles. The summed E-state index contributed by atoms with van der Waals surface area (Å²) in [7, 11) is 5.41. The number of carbonyl (C=O) groups is 2. The van der Waals surface area contributed by atoms with Gasteiger partial charge in [0.1, 0.15) is 17.3 Å². The Hall–Kier alpha value is -4.13. The molecule has 0 saturated carbocycles. The van der Waals surface area contributed by atoms with E-state index in [1.807, 2.05) is 43.3 Å². The van der Waals surface area contributed by atoms with Crippen LogP contribution in [0.4, 0.5) is 21.5 Å². The zero-order valence-corrected chi connectivity index (χ0v) is 17.9. The highest BCUT2D eigenvalue weighted by Crippen LogP contribution is 2.34. The number of ether oxygens (including phenoxy) is 1. The highest BCUT2D eigenvalue weighted by Gasteiger charge is 2.40. The van der Waals surface area contributed by atoms with Gasteiger partial charge in [-0.25, -0.2) is 9.29 Å². The van der Waals surface area contributed by atoms with Gasteiger partial charge >= 0.3 is 0 Å². The number of carbonyl (C=O) groups excluding carboxylic acids is 2. The third kappa shape index (κ3) is 3.92. The molecule has 0 aliphatic carbocycles. The fourth-order valence-electron chi connectivity index (χ4n) is 3.48. The first-order valence-electron chi connectivity index (χ1n) is 9.96. The molecule has 2 amide bonds. The number of nitrogens with one attached hydrogen (secondary N) is 1. The number of anilines is 3. The van der Waals surface area contributed by atoms with Gasteiger partial charge in [-0.1, -0.05) is 12.1 Å². The van der Waals surface area contributed by atoms with Crippen LogP contribution in [0.15, 0.2) is 78.5 Å². The first-order valence-corrected chi connectivity index (χ1v) is 9.96. The van der Waals surface area contributed by atoms with Crippen LogP contribution < -0.4 is 19.9 Å². The number of halogens is 1. The van der Waals surface area contributed by atoms with Gasteiger partial charge in [-0.3, -0.25) is 9.59 Å². The monoisotopic (exact) mass is 431 g/mol. The first-order chi connectivity index (χ1) is 15.4. The predicted molar refractivity (Wildman–Crippen MR) is 123 cm³/mol. The molecule has 3 aromatic rings. The van der Waals surface area contributed by atoms with Crippen LogP contribution in [0.1, 0.15) is 5.56 Å². The summed E-state index contributed by atoms with van der Waals surface area (Å²) in [5.74, 6) is -0.791. The fourth-order valence-corrected chi connectivity index (χ4v) is 3.48. The molecular weight excluding hydrogens is 409 g/mol. The molecule has 0 atom stereocenters. The molecule has 32 heavy (non-hydrogen) atoms. The molecule has 0 radical (unpaired) electrons. The molecule has 4 rings (SSSR count). The lowest BCUT2D eigenvalue weighted by Gasteiger charge is -2.16. The maximum absolute atomic E-state index is 13.5. The van der Waals surface area contributed by atoms with E-state index in [0.717, 1.165) is 10.6 Å². The van der Waals surface area contributed by atoms with E-state index >= 15 is 0 Å². The Labute approximate surface area is 185 Å². The zero-order valence-electron chi connectivity index (χ0n) is 17.9. The van der Waals surface area contributed by atoms with Crippen molar-refractivity contribution in [2.75, 3.05) is 36.3 Å². The summed E-state index contributed by atoms with van der Waals surface area (Å²) >= 11 is 0. The molecule has 1 N–H and O–H groups in total. The fraction of sp³-hybridized carbons (Fsp3) is 0.120. The lowest BCUT2D eigenvalue weighted by atomic mass is 10.0. The van der Waals surface area contributed by atoms with E-state index in [1.165, 1.54) is 24.3 Å². The first kappa shape index (κ1) is 21.1.